The number of hydrogen-bond acceptors (Lipinski definition) is 2. The Balaban J connectivity index is 1.86. The molecular weight excluding hydrogens is 236 g/mol. The van der Waals surface area contributed by atoms with Crippen LogP contribution in [0.5, 0.6) is 0 Å². The van der Waals surface area contributed by atoms with E-state index in [0.29, 0.717) is 0 Å². The summed E-state index contributed by atoms with van der Waals surface area (Å²) in [5, 5.41) is 1.22. The summed E-state index contributed by atoms with van der Waals surface area (Å²) in [5.74, 6) is 0. The van der Waals surface area contributed by atoms with Crippen molar-refractivity contribution in [2.75, 3.05) is 6.54 Å². The monoisotopic (exact) mass is 254 g/mol. The van der Waals surface area contributed by atoms with Crippen LogP contribution in [0.15, 0.2) is 43.0 Å². The lowest BCUT2D eigenvalue weighted by Gasteiger charge is -1.99. The molecular formula is C15H18N4. The third kappa shape index (κ3) is 2.39. The molecule has 1 aromatic carbocycles. The molecule has 3 N–H and O–H groups in total. The van der Waals surface area contributed by atoms with E-state index in [1.807, 2.05) is 18.6 Å². The smallest absolute Gasteiger partial charge is 0.0953 e. The number of H-pyrrole nitrogens is 1. The molecule has 0 fully saturated rings. The second kappa shape index (κ2) is 5.28. The van der Waals surface area contributed by atoms with Crippen molar-refractivity contribution in [1.82, 2.24) is 14.5 Å². The van der Waals surface area contributed by atoms with Gasteiger partial charge in [0.15, 0.2) is 0 Å². The third-order valence-corrected chi connectivity index (χ3v) is 3.37. The standard InChI is InChI=1S/C15H18N4/c16-7-3-4-8-19-10-15(18-11-19)13-9-17-14-6-2-1-5-12(13)14/h1-2,5-6,9-11,17H,3-4,7-8,16H2. The summed E-state index contributed by atoms with van der Waals surface area (Å²) in [6, 6.07) is 8.29. The molecule has 4 heteroatoms. The maximum atomic E-state index is 5.51. The number of rotatable bonds is 5. The Hall–Kier alpha value is -2.07. The predicted octanol–water partition coefficient (Wildman–Crippen LogP) is 2.77. The van der Waals surface area contributed by atoms with Gasteiger partial charge in [0.25, 0.3) is 0 Å². The van der Waals surface area contributed by atoms with Crippen LogP contribution in [0.2, 0.25) is 0 Å². The molecule has 19 heavy (non-hydrogen) atoms. The lowest BCUT2D eigenvalue weighted by molar-refractivity contribution is 0.614. The van der Waals surface area contributed by atoms with Crippen molar-refractivity contribution in [2.45, 2.75) is 19.4 Å². The highest BCUT2D eigenvalue weighted by Gasteiger charge is 2.08. The van der Waals surface area contributed by atoms with Gasteiger partial charge in [0.1, 0.15) is 0 Å². The molecule has 0 amide bonds. The molecule has 0 radical (unpaired) electrons. The zero-order valence-corrected chi connectivity index (χ0v) is 10.8. The quantitative estimate of drug-likeness (QED) is 0.688. The second-order valence-electron chi connectivity index (χ2n) is 4.74. The van der Waals surface area contributed by atoms with E-state index in [2.05, 4.69) is 38.9 Å². The SMILES string of the molecule is NCCCCn1cnc(-c2c[nH]c3ccccc23)c1. The minimum absolute atomic E-state index is 0.754. The van der Waals surface area contributed by atoms with Crippen LogP contribution in [-0.4, -0.2) is 21.1 Å². The average molecular weight is 254 g/mol. The molecule has 3 rings (SSSR count). The molecule has 4 nitrogen and oxygen atoms in total. The number of nitrogens with two attached hydrogens (primary N) is 1. The van der Waals surface area contributed by atoms with Crippen LogP contribution >= 0.6 is 0 Å². The van der Waals surface area contributed by atoms with Gasteiger partial charge in [-0.3, -0.25) is 0 Å². The number of aromatic amines is 1. The van der Waals surface area contributed by atoms with E-state index >= 15 is 0 Å². The van der Waals surface area contributed by atoms with Gasteiger partial charge >= 0.3 is 0 Å². The summed E-state index contributed by atoms with van der Waals surface area (Å²) >= 11 is 0. The summed E-state index contributed by atoms with van der Waals surface area (Å²) in [4.78, 5) is 7.78. The fourth-order valence-electron chi connectivity index (χ4n) is 2.34. The maximum Gasteiger partial charge on any atom is 0.0953 e. The number of hydrogen-bond donors (Lipinski definition) is 2. The minimum atomic E-state index is 0.754. The zero-order valence-electron chi connectivity index (χ0n) is 10.8. The molecule has 0 saturated carbocycles. The van der Waals surface area contributed by atoms with Crippen LogP contribution in [0, 0.1) is 0 Å². The van der Waals surface area contributed by atoms with Gasteiger partial charge in [-0.2, -0.15) is 0 Å². The lowest BCUT2D eigenvalue weighted by atomic mass is 10.1. The first-order valence-corrected chi connectivity index (χ1v) is 6.67. The molecule has 0 aliphatic rings. The molecule has 2 aromatic heterocycles. The highest BCUT2D eigenvalue weighted by atomic mass is 15.0. The van der Waals surface area contributed by atoms with Crippen molar-refractivity contribution in [2.24, 2.45) is 5.73 Å². The molecule has 0 atom stereocenters. The molecule has 0 spiro atoms. The molecule has 0 aliphatic heterocycles. The number of imidazole rings is 1. The summed E-state index contributed by atoms with van der Waals surface area (Å²) in [6.45, 7) is 1.73. The molecule has 0 aliphatic carbocycles. The normalized spacial score (nSPS) is 11.2. The Morgan fingerprint density at radius 2 is 2.11 bits per heavy atom. The first-order valence-electron chi connectivity index (χ1n) is 6.67. The van der Waals surface area contributed by atoms with Crippen LogP contribution in [0.1, 0.15) is 12.8 Å². The van der Waals surface area contributed by atoms with Gasteiger partial charge in [-0.05, 0) is 25.5 Å². The van der Waals surface area contributed by atoms with E-state index in [4.69, 9.17) is 5.73 Å². The van der Waals surface area contributed by atoms with Gasteiger partial charge in [-0.25, -0.2) is 4.98 Å². The highest BCUT2D eigenvalue weighted by Crippen LogP contribution is 2.26. The summed E-state index contributed by atoms with van der Waals surface area (Å²) < 4.78 is 2.13. The number of fused-ring (bicyclic) bond motifs is 1. The van der Waals surface area contributed by atoms with Crippen molar-refractivity contribution in [3.05, 3.63) is 43.0 Å². The van der Waals surface area contributed by atoms with E-state index in [0.717, 1.165) is 42.7 Å². The Kier molecular flexibility index (Phi) is 3.33. The van der Waals surface area contributed by atoms with Crippen LogP contribution < -0.4 is 5.73 Å². The number of benzene rings is 1. The van der Waals surface area contributed by atoms with E-state index in [1.54, 1.807) is 0 Å². The molecule has 98 valence electrons. The number of nitrogens with zero attached hydrogens (tertiary/aromatic N) is 2. The van der Waals surface area contributed by atoms with Gasteiger partial charge in [0.05, 0.1) is 12.0 Å². The number of aromatic nitrogens is 3. The first kappa shape index (κ1) is 12.0. The number of nitrogens with one attached hydrogen (secondary N) is 1. The van der Waals surface area contributed by atoms with Gasteiger partial charge in [0, 0.05) is 35.4 Å². The Morgan fingerprint density at radius 1 is 1.21 bits per heavy atom. The number of para-hydroxylation sites is 1. The fourth-order valence-corrected chi connectivity index (χ4v) is 2.34. The van der Waals surface area contributed by atoms with Crippen molar-refractivity contribution in [1.29, 1.82) is 0 Å². The lowest BCUT2D eigenvalue weighted by Crippen LogP contribution is -2.01. The Bertz CT molecular complexity index is 665. The summed E-state index contributed by atoms with van der Waals surface area (Å²) in [7, 11) is 0. The van der Waals surface area contributed by atoms with Gasteiger partial charge in [-0.15, -0.1) is 0 Å². The van der Waals surface area contributed by atoms with Crippen molar-refractivity contribution >= 4 is 10.9 Å². The largest absolute Gasteiger partial charge is 0.360 e. The van der Waals surface area contributed by atoms with Crippen LogP contribution in [0.3, 0.4) is 0 Å². The van der Waals surface area contributed by atoms with E-state index in [9.17, 15) is 0 Å². The molecule has 0 bridgehead atoms. The van der Waals surface area contributed by atoms with E-state index in [1.165, 1.54) is 5.39 Å². The Morgan fingerprint density at radius 3 is 3.00 bits per heavy atom. The van der Waals surface area contributed by atoms with E-state index < -0.39 is 0 Å². The predicted molar refractivity (Wildman–Crippen MR) is 77.8 cm³/mol. The van der Waals surface area contributed by atoms with Crippen molar-refractivity contribution < 1.29 is 0 Å². The second-order valence-corrected chi connectivity index (χ2v) is 4.74. The van der Waals surface area contributed by atoms with Crippen LogP contribution in [0.4, 0.5) is 0 Å². The van der Waals surface area contributed by atoms with Crippen LogP contribution in [0.25, 0.3) is 22.2 Å². The first-order chi connectivity index (χ1) is 9.38. The third-order valence-electron chi connectivity index (χ3n) is 3.37. The molecule has 0 saturated heterocycles. The molecule has 3 aromatic rings. The maximum absolute atomic E-state index is 5.51. The van der Waals surface area contributed by atoms with Crippen LogP contribution in [-0.2, 0) is 6.54 Å². The molecule has 2 heterocycles. The van der Waals surface area contributed by atoms with Crippen molar-refractivity contribution in [3.8, 4) is 11.3 Å². The van der Waals surface area contributed by atoms with E-state index in [-0.39, 0.29) is 0 Å². The number of aryl methyl sites for hydroxylation is 1. The fraction of sp³-hybridized carbons (Fsp3) is 0.267. The summed E-state index contributed by atoms with van der Waals surface area (Å²) in [5.41, 5.74) is 8.84. The number of unbranched alkanes of at least 4 members (excludes halogenated alkanes) is 1. The Labute approximate surface area is 112 Å². The van der Waals surface area contributed by atoms with Gasteiger partial charge in [0.2, 0.25) is 0 Å². The average Bonchev–Trinajstić information content (AvgIpc) is 3.05. The zero-order chi connectivity index (χ0) is 13.1. The van der Waals surface area contributed by atoms with Gasteiger partial charge < -0.3 is 15.3 Å². The van der Waals surface area contributed by atoms with Crippen molar-refractivity contribution in [3.63, 3.8) is 0 Å². The molecule has 0 unspecified atom stereocenters. The van der Waals surface area contributed by atoms with Gasteiger partial charge in [-0.1, -0.05) is 18.2 Å². The topological polar surface area (TPSA) is 59.6 Å². The summed E-state index contributed by atoms with van der Waals surface area (Å²) in [6.07, 6.45) is 8.18. The minimum Gasteiger partial charge on any atom is -0.360 e. The highest BCUT2D eigenvalue weighted by molar-refractivity contribution is 5.94.